The summed E-state index contributed by atoms with van der Waals surface area (Å²) >= 11 is 0. The Hall–Kier alpha value is -2.64. The Kier molecular flexibility index (Phi) is 4.36. The number of nitrogens with zero attached hydrogens (tertiary/aromatic N) is 4. The molecule has 2 aromatic heterocycles. The maximum atomic E-state index is 8.90. The molecular formula is C12H10CuN4O4+2. The molecule has 8 nitrogen and oxygen atoms in total. The average molecular weight is 338 g/mol. The number of rotatable bonds is 0. The van der Waals surface area contributed by atoms with Gasteiger partial charge in [-0.25, -0.2) is 0 Å². The van der Waals surface area contributed by atoms with Gasteiger partial charge >= 0.3 is 0 Å². The molecule has 0 amide bonds. The van der Waals surface area contributed by atoms with Gasteiger partial charge in [-0.05, 0) is 33.5 Å². The minimum absolute atomic E-state index is 0. The summed E-state index contributed by atoms with van der Waals surface area (Å²) in [6.07, 6.45) is 0. The number of para-hydroxylation sites is 2. The largest absolute Gasteiger partial charge is 0.316 e. The zero-order valence-electron chi connectivity index (χ0n) is 10.4. The minimum atomic E-state index is 0. The van der Waals surface area contributed by atoms with Crippen LogP contribution in [-0.2, 0) is 17.1 Å². The molecule has 0 saturated carbocycles. The van der Waals surface area contributed by atoms with Gasteiger partial charge in [-0.1, -0.05) is 24.3 Å². The zero-order valence-corrected chi connectivity index (χ0v) is 11.4. The normalized spacial score (nSPS) is 9.90. The molecule has 0 unspecified atom stereocenters. The van der Waals surface area contributed by atoms with Crippen molar-refractivity contribution >= 4 is 22.1 Å². The number of hydrogen-bond acceptors (Lipinski definition) is 6. The third kappa shape index (κ3) is 2.93. The quantitative estimate of drug-likeness (QED) is 0.362. The molecule has 1 radical (unpaired) electrons. The van der Waals surface area contributed by atoms with Crippen molar-refractivity contribution in [2.45, 2.75) is 0 Å². The molecule has 4 rings (SSSR count). The van der Waals surface area contributed by atoms with Crippen LogP contribution in [0.2, 0.25) is 0 Å². The van der Waals surface area contributed by atoms with E-state index in [0.717, 1.165) is 0 Å². The first-order valence-corrected chi connectivity index (χ1v) is 5.68. The SMILES string of the molecule is O[n+]1onc2ccccc21.O[n+]1onc2ccccc21.[Cu]. The van der Waals surface area contributed by atoms with Gasteiger partial charge in [-0.2, -0.15) is 0 Å². The Labute approximate surface area is 128 Å². The summed E-state index contributed by atoms with van der Waals surface area (Å²) in [5, 5.41) is 24.9. The standard InChI is InChI=1S/2C6H5N2O2.Cu/c2*9-8-6-4-2-1-3-5(6)7-10-8;/h2*1-4,9H;/q2*+1;. The second kappa shape index (κ2) is 6.21. The number of aromatic nitrogens is 4. The van der Waals surface area contributed by atoms with Crippen LogP contribution in [0.5, 0.6) is 0 Å². The minimum Gasteiger partial charge on any atom is -0.316 e. The molecule has 111 valence electrons. The maximum absolute atomic E-state index is 8.90. The Morgan fingerprint density at radius 3 is 1.48 bits per heavy atom. The van der Waals surface area contributed by atoms with Crippen LogP contribution in [0.3, 0.4) is 0 Å². The first-order chi connectivity index (χ1) is 9.75. The topological polar surface area (TPSA) is 100 Å². The van der Waals surface area contributed by atoms with E-state index in [1.54, 1.807) is 36.4 Å². The zero-order chi connectivity index (χ0) is 13.9. The van der Waals surface area contributed by atoms with E-state index in [4.69, 9.17) is 10.4 Å². The Balaban J connectivity index is 0.000000147. The summed E-state index contributed by atoms with van der Waals surface area (Å²) in [5.74, 6) is 0. The van der Waals surface area contributed by atoms with E-state index >= 15 is 0 Å². The van der Waals surface area contributed by atoms with Crippen molar-refractivity contribution in [1.82, 2.24) is 10.3 Å². The number of hydrogen-bond donors (Lipinski definition) is 2. The van der Waals surface area contributed by atoms with Crippen LogP contribution in [0.15, 0.2) is 57.8 Å². The molecule has 0 spiro atoms. The molecule has 21 heavy (non-hydrogen) atoms. The number of fused-ring (bicyclic) bond motifs is 2. The molecule has 0 atom stereocenters. The second-order valence-corrected chi connectivity index (χ2v) is 3.87. The molecule has 4 aromatic rings. The van der Waals surface area contributed by atoms with Crippen LogP contribution in [0, 0.1) is 0 Å². The molecule has 0 aliphatic heterocycles. The van der Waals surface area contributed by atoms with Crippen molar-refractivity contribution in [3.8, 4) is 0 Å². The molecule has 0 fully saturated rings. The molecule has 2 heterocycles. The smallest absolute Gasteiger partial charge is 0.278 e. The van der Waals surface area contributed by atoms with E-state index in [9.17, 15) is 0 Å². The molecule has 0 aliphatic carbocycles. The van der Waals surface area contributed by atoms with E-state index in [1.807, 2.05) is 12.1 Å². The van der Waals surface area contributed by atoms with Gasteiger partial charge in [0.25, 0.3) is 22.1 Å². The summed E-state index contributed by atoms with van der Waals surface area (Å²) < 4.78 is 8.87. The fraction of sp³-hybridized carbons (Fsp3) is 0. The van der Waals surface area contributed by atoms with E-state index in [-0.39, 0.29) is 17.1 Å². The van der Waals surface area contributed by atoms with Gasteiger partial charge in [0, 0.05) is 17.1 Å². The van der Waals surface area contributed by atoms with Crippen molar-refractivity contribution in [3.05, 3.63) is 48.5 Å². The van der Waals surface area contributed by atoms with Gasteiger partial charge in [-0.3, -0.25) is 0 Å². The Morgan fingerprint density at radius 1 is 0.714 bits per heavy atom. The van der Waals surface area contributed by atoms with Crippen molar-refractivity contribution in [2.75, 3.05) is 0 Å². The Morgan fingerprint density at radius 2 is 1.10 bits per heavy atom. The predicted molar refractivity (Wildman–Crippen MR) is 62.8 cm³/mol. The summed E-state index contributed by atoms with van der Waals surface area (Å²) in [6.45, 7) is 0. The molecule has 0 aliphatic rings. The summed E-state index contributed by atoms with van der Waals surface area (Å²) in [5.41, 5.74) is 2.43. The summed E-state index contributed by atoms with van der Waals surface area (Å²) in [4.78, 5) is 1.27. The van der Waals surface area contributed by atoms with Crippen molar-refractivity contribution in [3.63, 3.8) is 0 Å². The number of benzene rings is 2. The van der Waals surface area contributed by atoms with Gasteiger partial charge < -0.3 is 10.4 Å². The predicted octanol–water partition coefficient (Wildman–Crippen LogP) is 0.703. The third-order valence-electron chi connectivity index (χ3n) is 2.61. The monoisotopic (exact) mass is 337 g/mol. The summed E-state index contributed by atoms with van der Waals surface area (Å²) in [7, 11) is 0. The second-order valence-electron chi connectivity index (χ2n) is 3.87. The van der Waals surface area contributed by atoms with Gasteiger partial charge in [0.05, 0.1) is 0 Å². The molecule has 9 heteroatoms. The van der Waals surface area contributed by atoms with Crippen LogP contribution >= 0.6 is 0 Å². The molecule has 0 bridgehead atoms. The molecule has 2 aromatic carbocycles. The van der Waals surface area contributed by atoms with Crippen LogP contribution in [0.4, 0.5) is 0 Å². The Bertz CT molecular complexity index is 788. The molecular weight excluding hydrogens is 328 g/mol. The van der Waals surface area contributed by atoms with Gasteiger partial charge in [-0.15, -0.1) is 0 Å². The third-order valence-corrected chi connectivity index (χ3v) is 2.61. The summed E-state index contributed by atoms with van der Waals surface area (Å²) in [6, 6.07) is 14.2. The van der Waals surface area contributed by atoms with Gasteiger partial charge in [0.2, 0.25) is 0 Å². The maximum Gasteiger partial charge on any atom is 0.278 e. The fourth-order valence-electron chi connectivity index (χ4n) is 1.66. The van der Waals surface area contributed by atoms with E-state index < -0.39 is 0 Å². The molecule has 0 saturated heterocycles. The van der Waals surface area contributed by atoms with Crippen molar-refractivity contribution < 1.29 is 46.5 Å². The van der Waals surface area contributed by atoms with E-state index in [2.05, 4.69) is 19.6 Å². The average Bonchev–Trinajstić information content (AvgIpc) is 3.05. The fourth-order valence-corrected chi connectivity index (χ4v) is 1.66. The van der Waals surface area contributed by atoms with Crippen LogP contribution in [-0.4, -0.2) is 20.7 Å². The van der Waals surface area contributed by atoms with Crippen molar-refractivity contribution in [1.29, 1.82) is 0 Å². The molecule has 2 N–H and O–H groups in total. The van der Waals surface area contributed by atoms with Crippen LogP contribution in [0.25, 0.3) is 22.1 Å². The van der Waals surface area contributed by atoms with Crippen LogP contribution in [0.1, 0.15) is 0 Å². The van der Waals surface area contributed by atoms with Crippen LogP contribution < -0.4 is 9.81 Å². The first kappa shape index (κ1) is 14.8. The van der Waals surface area contributed by atoms with E-state index in [0.29, 0.717) is 31.9 Å². The van der Waals surface area contributed by atoms with E-state index in [1.165, 1.54) is 0 Å². The van der Waals surface area contributed by atoms with Gasteiger partial charge in [0.15, 0.2) is 10.3 Å². The first-order valence-electron chi connectivity index (χ1n) is 5.68. The van der Waals surface area contributed by atoms with Gasteiger partial charge in [0.1, 0.15) is 9.81 Å². The van der Waals surface area contributed by atoms with Crippen molar-refractivity contribution in [2.24, 2.45) is 0 Å².